The summed E-state index contributed by atoms with van der Waals surface area (Å²) in [7, 11) is 0. The fraction of sp³-hybridized carbons (Fsp3) is 0.438. The van der Waals surface area contributed by atoms with Crippen LogP contribution in [0.25, 0.3) is 10.1 Å². The van der Waals surface area contributed by atoms with Crippen LogP contribution in [-0.2, 0) is 0 Å². The topological polar surface area (TPSA) is 46.3 Å². The summed E-state index contributed by atoms with van der Waals surface area (Å²) in [6, 6.07) is 4.84. The van der Waals surface area contributed by atoms with Crippen LogP contribution in [0.3, 0.4) is 0 Å². The lowest BCUT2D eigenvalue weighted by atomic mass is 10.2. The van der Waals surface area contributed by atoms with E-state index in [1.165, 1.54) is 30.2 Å². The minimum Gasteiger partial charge on any atom is -0.397 e. The number of rotatable bonds is 5. The first-order valence-corrected chi connectivity index (χ1v) is 8.19. The average Bonchev–Trinajstić information content (AvgIpc) is 3.21. The third-order valence-corrected chi connectivity index (χ3v) is 5.01. The Hall–Kier alpha value is -1.62. The first-order valence-electron chi connectivity index (χ1n) is 7.37. The number of nitrogen functional groups attached to an aromatic ring is 1. The van der Waals surface area contributed by atoms with Gasteiger partial charge in [-0.2, -0.15) is 0 Å². The number of amides is 1. The summed E-state index contributed by atoms with van der Waals surface area (Å²) in [5.41, 5.74) is 6.33. The van der Waals surface area contributed by atoms with Crippen LogP contribution >= 0.6 is 11.3 Å². The van der Waals surface area contributed by atoms with E-state index in [4.69, 9.17) is 5.73 Å². The number of hydrogen-bond donors (Lipinski definition) is 1. The summed E-state index contributed by atoms with van der Waals surface area (Å²) >= 11 is 1.29. The predicted molar refractivity (Wildman–Crippen MR) is 85.1 cm³/mol. The van der Waals surface area contributed by atoms with Gasteiger partial charge < -0.3 is 10.6 Å². The van der Waals surface area contributed by atoms with Gasteiger partial charge in [0.2, 0.25) is 0 Å². The van der Waals surface area contributed by atoms with E-state index in [1.54, 1.807) is 12.1 Å². The standard InChI is InChI=1S/C16H19FN2OS/c1-2-8-19(9-10-6-7-10)16(20)15-14(18)13-11(17)4-3-5-12(13)21-15/h3-5,10H,2,6-9,18H2,1H3. The molecule has 1 aliphatic carbocycles. The van der Waals surface area contributed by atoms with Crippen molar-refractivity contribution in [3.05, 3.63) is 28.9 Å². The number of nitrogens with two attached hydrogens (primary N) is 1. The van der Waals surface area contributed by atoms with Crippen molar-refractivity contribution < 1.29 is 9.18 Å². The lowest BCUT2D eigenvalue weighted by molar-refractivity contribution is 0.0753. The smallest absolute Gasteiger partial charge is 0.266 e. The molecule has 1 saturated carbocycles. The molecule has 0 spiro atoms. The van der Waals surface area contributed by atoms with Crippen molar-refractivity contribution in [2.75, 3.05) is 18.8 Å². The van der Waals surface area contributed by atoms with E-state index in [9.17, 15) is 9.18 Å². The summed E-state index contributed by atoms with van der Waals surface area (Å²) in [6.45, 7) is 3.58. The molecule has 1 aliphatic rings. The van der Waals surface area contributed by atoms with Gasteiger partial charge in [0, 0.05) is 17.8 Å². The van der Waals surface area contributed by atoms with Crippen LogP contribution in [0.5, 0.6) is 0 Å². The molecule has 1 fully saturated rings. The summed E-state index contributed by atoms with van der Waals surface area (Å²) in [6.07, 6.45) is 3.31. The molecule has 0 saturated heterocycles. The molecule has 3 nitrogen and oxygen atoms in total. The second-order valence-corrected chi connectivity index (χ2v) is 6.70. The fourth-order valence-electron chi connectivity index (χ4n) is 2.59. The Morgan fingerprint density at radius 3 is 2.86 bits per heavy atom. The third kappa shape index (κ3) is 2.75. The van der Waals surface area contributed by atoms with Crippen LogP contribution in [-0.4, -0.2) is 23.9 Å². The van der Waals surface area contributed by atoms with Crippen LogP contribution in [0, 0.1) is 11.7 Å². The lowest BCUT2D eigenvalue weighted by Crippen LogP contribution is -2.33. The van der Waals surface area contributed by atoms with E-state index in [-0.39, 0.29) is 17.4 Å². The van der Waals surface area contributed by atoms with E-state index >= 15 is 0 Å². The molecule has 1 aromatic heterocycles. The number of benzene rings is 1. The number of fused-ring (bicyclic) bond motifs is 1. The molecule has 1 heterocycles. The first kappa shape index (κ1) is 14.3. The molecule has 0 atom stereocenters. The van der Waals surface area contributed by atoms with Crippen LogP contribution in [0.1, 0.15) is 35.9 Å². The monoisotopic (exact) mass is 306 g/mol. The quantitative estimate of drug-likeness (QED) is 0.911. The average molecular weight is 306 g/mol. The van der Waals surface area contributed by atoms with Crippen molar-refractivity contribution in [1.29, 1.82) is 0 Å². The highest BCUT2D eigenvalue weighted by molar-refractivity contribution is 7.21. The van der Waals surface area contributed by atoms with E-state index in [0.717, 1.165) is 24.2 Å². The molecule has 5 heteroatoms. The van der Waals surface area contributed by atoms with E-state index < -0.39 is 0 Å². The molecule has 0 aliphatic heterocycles. The number of carbonyl (C=O) groups is 1. The van der Waals surface area contributed by atoms with Crippen molar-refractivity contribution in [3.63, 3.8) is 0 Å². The molecule has 2 aromatic rings. The van der Waals surface area contributed by atoms with Gasteiger partial charge in [0.1, 0.15) is 10.7 Å². The van der Waals surface area contributed by atoms with E-state index in [1.807, 2.05) is 4.90 Å². The van der Waals surface area contributed by atoms with Crippen LogP contribution < -0.4 is 5.73 Å². The molecule has 1 amide bonds. The summed E-state index contributed by atoms with van der Waals surface area (Å²) < 4.78 is 14.6. The van der Waals surface area contributed by atoms with Crippen LogP contribution in [0.15, 0.2) is 18.2 Å². The van der Waals surface area contributed by atoms with Gasteiger partial charge in [-0.1, -0.05) is 13.0 Å². The number of nitrogens with zero attached hydrogens (tertiary/aromatic N) is 1. The molecule has 0 radical (unpaired) electrons. The Bertz CT molecular complexity index is 678. The van der Waals surface area contributed by atoms with Crippen molar-refractivity contribution in [2.24, 2.45) is 5.92 Å². The largest absolute Gasteiger partial charge is 0.397 e. The number of halogens is 1. The first-order chi connectivity index (χ1) is 10.1. The zero-order valence-corrected chi connectivity index (χ0v) is 12.9. The fourth-order valence-corrected chi connectivity index (χ4v) is 3.69. The maximum absolute atomic E-state index is 13.9. The molecule has 112 valence electrons. The molecule has 2 N–H and O–H groups in total. The number of hydrogen-bond acceptors (Lipinski definition) is 3. The zero-order valence-electron chi connectivity index (χ0n) is 12.1. The second-order valence-electron chi connectivity index (χ2n) is 5.65. The maximum atomic E-state index is 13.9. The lowest BCUT2D eigenvalue weighted by Gasteiger charge is -2.21. The molecule has 0 unspecified atom stereocenters. The highest BCUT2D eigenvalue weighted by Crippen LogP contribution is 2.37. The van der Waals surface area contributed by atoms with Crippen LogP contribution in [0.2, 0.25) is 0 Å². The molecule has 3 rings (SSSR count). The maximum Gasteiger partial charge on any atom is 0.266 e. The van der Waals surface area contributed by atoms with Gasteiger partial charge >= 0.3 is 0 Å². The zero-order chi connectivity index (χ0) is 15.0. The minimum absolute atomic E-state index is 0.0538. The van der Waals surface area contributed by atoms with Crippen molar-refractivity contribution in [2.45, 2.75) is 26.2 Å². The molecular formula is C16H19FN2OS. The van der Waals surface area contributed by atoms with Gasteiger partial charge in [0.25, 0.3) is 5.91 Å². The molecule has 0 bridgehead atoms. The van der Waals surface area contributed by atoms with Gasteiger partial charge in [-0.05, 0) is 37.3 Å². The number of carbonyl (C=O) groups excluding carboxylic acids is 1. The summed E-state index contributed by atoms with van der Waals surface area (Å²) in [5, 5.41) is 0.383. The Morgan fingerprint density at radius 2 is 2.24 bits per heavy atom. The van der Waals surface area contributed by atoms with Gasteiger partial charge in [-0.15, -0.1) is 11.3 Å². The highest BCUT2D eigenvalue weighted by atomic mass is 32.1. The third-order valence-electron chi connectivity index (χ3n) is 3.85. The summed E-state index contributed by atoms with van der Waals surface area (Å²) in [4.78, 5) is 15.1. The Kier molecular flexibility index (Phi) is 3.85. The van der Waals surface area contributed by atoms with Crippen molar-refractivity contribution in [1.82, 2.24) is 4.90 Å². The predicted octanol–water partition coefficient (Wildman–Crippen LogP) is 3.88. The van der Waals surface area contributed by atoms with Gasteiger partial charge in [-0.3, -0.25) is 4.79 Å². The normalized spacial score (nSPS) is 14.6. The van der Waals surface area contributed by atoms with Gasteiger partial charge in [0.05, 0.1) is 11.1 Å². The minimum atomic E-state index is -0.357. The Labute approximate surface area is 127 Å². The number of thiophene rings is 1. The van der Waals surface area contributed by atoms with Crippen LogP contribution in [0.4, 0.5) is 10.1 Å². The molecule has 21 heavy (non-hydrogen) atoms. The second kappa shape index (κ2) is 5.64. The summed E-state index contributed by atoms with van der Waals surface area (Å²) in [5.74, 6) is 0.222. The molecular weight excluding hydrogens is 287 g/mol. The van der Waals surface area contributed by atoms with Crippen molar-refractivity contribution >= 4 is 33.0 Å². The van der Waals surface area contributed by atoms with E-state index in [2.05, 4.69) is 6.92 Å². The highest BCUT2D eigenvalue weighted by Gasteiger charge is 2.29. The SMILES string of the molecule is CCCN(CC1CC1)C(=O)c1sc2cccc(F)c2c1N. The Morgan fingerprint density at radius 1 is 1.48 bits per heavy atom. The molecule has 1 aromatic carbocycles. The Balaban J connectivity index is 1.95. The van der Waals surface area contributed by atoms with E-state index in [0.29, 0.717) is 16.2 Å². The van der Waals surface area contributed by atoms with Gasteiger partial charge in [-0.25, -0.2) is 4.39 Å². The van der Waals surface area contributed by atoms with Gasteiger partial charge in [0.15, 0.2) is 0 Å². The number of anilines is 1. The van der Waals surface area contributed by atoms with Crippen molar-refractivity contribution in [3.8, 4) is 0 Å².